The summed E-state index contributed by atoms with van der Waals surface area (Å²) in [6.45, 7) is 2.65. The molecule has 1 aliphatic heterocycles. The molecule has 0 spiro atoms. The van der Waals surface area contributed by atoms with Crippen molar-refractivity contribution < 1.29 is 4.39 Å². The maximum Gasteiger partial charge on any atom is 0.124 e. The molecule has 2 nitrogen and oxygen atoms in total. The van der Waals surface area contributed by atoms with E-state index in [-0.39, 0.29) is 24.3 Å². The topological polar surface area (TPSA) is 29.3 Å². The maximum atomic E-state index is 12.8. The molecule has 90 valence electrons. The molecule has 0 radical (unpaired) electrons. The molecule has 0 bridgehead atoms. The molecule has 2 N–H and O–H groups in total. The third-order valence-electron chi connectivity index (χ3n) is 2.72. The van der Waals surface area contributed by atoms with E-state index in [1.807, 2.05) is 0 Å². The zero-order chi connectivity index (χ0) is 10.8. The standard InChI is InChI=1S/C11H14ClFN2.ClH/c12-11-5-9(13)2-1-8(11)6-15-4-3-10(14)7-15;/h1-2,5,10H,3-4,6-7,14H2;1H. The van der Waals surface area contributed by atoms with Crippen molar-refractivity contribution in [2.45, 2.75) is 19.0 Å². The monoisotopic (exact) mass is 264 g/mol. The number of likely N-dealkylation sites (tertiary alicyclic amines) is 1. The summed E-state index contributed by atoms with van der Waals surface area (Å²) in [5, 5.41) is 0.496. The SMILES string of the molecule is Cl.NC1CCN(Cc2ccc(F)cc2Cl)C1. The Hall–Kier alpha value is -0.350. The molecule has 5 heteroatoms. The number of hydrogen-bond donors (Lipinski definition) is 1. The van der Waals surface area contributed by atoms with E-state index in [4.69, 9.17) is 17.3 Å². The van der Waals surface area contributed by atoms with Gasteiger partial charge in [-0.05, 0) is 24.1 Å². The summed E-state index contributed by atoms with van der Waals surface area (Å²) in [5.41, 5.74) is 6.77. The van der Waals surface area contributed by atoms with E-state index in [1.165, 1.54) is 12.1 Å². The van der Waals surface area contributed by atoms with Gasteiger partial charge in [0, 0.05) is 30.7 Å². The Balaban J connectivity index is 0.00000128. The predicted molar refractivity (Wildman–Crippen MR) is 66.5 cm³/mol. The summed E-state index contributed by atoms with van der Waals surface area (Å²) in [4.78, 5) is 2.24. The maximum absolute atomic E-state index is 12.8. The summed E-state index contributed by atoms with van der Waals surface area (Å²) in [5.74, 6) is -0.290. The van der Waals surface area contributed by atoms with Crippen LogP contribution in [0.5, 0.6) is 0 Å². The van der Waals surface area contributed by atoms with E-state index in [9.17, 15) is 4.39 Å². The highest BCUT2D eigenvalue weighted by atomic mass is 35.5. The molecule has 0 aliphatic carbocycles. The highest BCUT2D eigenvalue weighted by Gasteiger charge is 2.19. The smallest absolute Gasteiger partial charge is 0.124 e. The molecular formula is C11H15Cl2FN2. The fourth-order valence-electron chi connectivity index (χ4n) is 1.90. The van der Waals surface area contributed by atoms with Crippen molar-refractivity contribution in [1.29, 1.82) is 0 Å². The Bertz CT molecular complexity index is 360. The van der Waals surface area contributed by atoms with Crippen molar-refractivity contribution in [2.24, 2.45) is 5.73 Å². The van der Waals surface area contributed by atoms with Crippen molar-refractivity contribution in [3.05, 3.63) is 34.6 Å². The second-order valence-electron chi connectivity index (χ2n) is 4.02. The molecule has 1 aromatic rings. The Morgan fingerprint density at radius 2 is 2.25 bits per heavy atom. The molecule has 1 heterocycles. The van der Waals surface area contributed by atoms with Gasteiger partial charge in [0.15, 0.2) is 0 Å². The highest BCUT2D eigenvalue weighted by Crippen LogP contribution is 2.20. The average Bonchev–Trinajstić information content (AvgIpc) is 2.56. The van der Waals surface area contributed by atoms with E-state index < -0.39 is 0 Å². The number of nitrogens with zero attached hydrogens (tertiary/aromatic N) is 1. The minimum Gasteiger partial charge on any atom is -0.326 e. The van der Waals surface area contributed by atoms with Gasteiger partial charge >= 0.3 is 0 Å². The summed E-state index contributed by atoms with van der Waals surface area (Å²) in [6, 6.07) is 4.80. The number of rotatable bonds is 2. The molecular weight excluding hydrogens is 250 g/mol. The van der Waals surface area contributed by atoms with E-state index in [2.05, 4.69) is 4.90 Å². The lowest BCUT2D eigenvalue weighted by Gasteiger charge is -2.15. The fraction of sp³-hybridized carbons (Fsp3) is 0.455. The molecule has 0 amide bonds. The van der Waals surface area contributed by atoms with Gasteiger partial charge < -0.3 is 5.73 Å². The van der Waals surface area contributed by atoms with Crippen molar-refractivity contribution in [3.63, 3.8) is 0 Å². The van der Waals surface area contributed by atoms with Crippen LogP contribution in [0.25, 0.3) is 0 Å². The van der Waals surface area contributed by atoms with Crippen LogP contribution in [0.1, 0.15) is 12.0 Å². The Morgan fingerprint density at radius 1 is 1.50 bits per heavy atom. The lowest BCUT2D eigenvalue weighted by molar-refractivity contribution is 0.327. The fourth-order valence-corrected chi connectivity index (χ4v) is 2.12. The first-order chi connectivity index (χ1) is 7.15. The van der Waals surface area contributed by atoms with Crippen LogP contribution in [0.4, 0.5) is 4.39 Å². The van der Waals surface area contributed by atoms with Crippen LogP contribution in [-0.2, 0) is 6.54 Å². The van der Waals surface area contributed by atoms with E-state index in [0.29, 0.717) is 5.02 Å². The number of halogens is 3. The average molecular weight is 265 g/mol. The van der Waals surface area contributed by atoms with Gasteiger partial charge in [-0.2, -0.15) is 0 Å². The predicted octanol–water partition coefficient (Wildman–Crippen LogP) is 2.43. The van der Waals surface area contributed by atoms with Gasteiger partial charge in [0.05, 0.1) is 0 Å². The van der Waals surface area contributed by atoms with Crippen LogP contribution in [0.3, 0.4) is 0 Å². The lowest BCUT2D eigenvalue weighted by atomic mass is 10.2. The zero-order valence-corrected chi connectivity index (χ0v) is 10.4. The van der Waals surface area contributed by atoms with Crippen LogP contribution < -0.4 is 5.73 Å². The first-order valence-corrected chi connectivity index (χ1v) is 5.45. The van der Waals surface area contributed by atoms with E-state index in [0.717, 1.165) is 31.6 Å². The van der Waals surface area contributed by atoms with Crippen LogP contribution in [0.2, 0.25) is 5.02 Å². The third-order valence-corrected chi connectivity index (χ3v) is 3.07. The largest absolute Gasteiger partial charge is 0.326 e. The molecule has 0 saturated carbocycles. The van der Waals surface area contributed by atoms with Gasteiger partial charge in [0.25, 0.3) is 0 Å². The quantitative estimate of drug-likeness (QED) is 0.889. The Kier molecular flexibility index (Phi) is 4.99. The van der Waals surface area contributed by atoms with Crippen LogP contribution in [0, 0.1) is 5.82 Å². The second-order valence-corrected chi connectivity index (χ2v) is 4.43. The van der Waals surface area contributed by atoms with Crippen LogP contribution >= 0.6 is 24.0 Å². The van der Waals surface area contributed by atoms with Crippen molar-refractivity contribution in [3.8, 4) is 0 Å². The molecule has 0 aromatic heterocycles. The minimum atomic E-state index is -0.290. The van der Waals surface area contributed by atoms with Crippen molar-refractivity contribution >= 4 is 24.0 Å². The summed E-state index contributed by atoms with van der Waals surface area (Å²) in [7, 11) is 0. The molecule has 1 aromatic carbocycles. The number of benzene rings is 1. The van der Waals surface area contributed by atoms with Gasteiger partial charge in [-0.3, -0.25) is 4.90 Å². The minimum absolute atomic E-state index is 0. The Labute approximate surface area is 106 Å². The lowest BCUT2D eigenvalue weighted by Crippen LogP contribution is -2.26. The van der Waals surface area contributed by atoms with Crippen LogP contribution in [0.15, 0.2) is 18.2 Å². The number of nitrogens with two attached hydrogens (primary N) is 1. The van der Waals surface area contributed by atoms with E-state index in [1.54, 1.807) is 6.07 Å². The van der Waals surface area contributed by atoms with Gasteiger partial charge in [-0.15, -0.1) is 12.4 Å². The first kappa shape index (κ1) is 13.7. The normalized spacial score (nSPS) is 20.8. The van der Waals surface area contributed by atoms with E-state index >= 15 is 0 Å². The van der Waals surface area contributed by atoms with Gasteiger partial charge in [-0.1, -0.05) is 17.7 Å². The molecule has 1 saturated heterocycles. The van der Waals surface area contributed by atoms with Crippen molar-refractivity contribution in [1.82, 2.24) is 4.90 Å². The molecule has 1 unspecified atom stereocenters. The van der Waals surface area contributed by atoms with Gasteiger partial charge in [0.1, 0.15) is 5.82 Å². The Morgan fingerprint density at radius 3 is 2.81 bits per heavy atom. The van der Waals surface area contributed by atoms with Crippen molar-refractivity contribution in [2.75, 3.05) is 13.1 Å². The molecule has 1 atom stereocenters. The second kappa shape index (κ2) is 5.82. The first-order valence-electron chi connectivity index (χ1n) is 5.07. The summed E-state index contributed by atoms with van der Waals surface area (Å²) < 4.78 is 12.8. The van der Waals surface area contributed by atoms with Gasteiger partial charge in [0.2, 0.25) is 0 Å². The molecule has 1 fully saturated rings. The third kappa shape index (κ3) is 3.32. The zero-order valence-electron chi connectivity index (χ0n) is 8.83. The van der Waals surface area contributed by atoms with Crippen LogP contribution in [-0.4, -0.2) is 24.0 Å². The summed E-state index contributed by atoms with van der Waals surface area (Å²) >= 11 is 5.95. The number of hydrogen-bond acceptors (Lipinski definition) is 2. The summed E-state index contributed by atoms with van der Waals surface area (Å²) in [6.07, 6.45) is 1.03. The molecule has 16 heavy (non-hydrogen) atoms. The highest BCUT2D eigenvalue weighted by molar-refractivity contribution is 6.31. The molecule has 2 rings (SSSR count). The molecule has 1 aliphatic rings. The van der Waals surface area contributed by atoms with Gasteiger partial charge in [-0.25, -0.2) is 4.39 Å².